The maximum absolute atomic E-state index is 15.1. The van der Waals surface area contributed by atoms with Crippen molar-refractivity contribution in [1.29, 1.82) is 0 Å². The monoisotopic (exact) mass is 458 g/mol. The van der Waals surface area contributed by atoms with Crippen molar-refractivity contribution < 1.29 is 23.2 Å². The minimum absolute atomic E-state index is 0.0768. The fourth-order valence-electron chi connectivity index (χ4n) is 3.51. The highest BCUT2D eigenvalue weighted by Crippen LogP contribution is 2.37. The molecule has 1 aliphatic heterocycles. The zero-order valence-corrected chi connectivity index (χ0v) is 20.2. The van der Waals surface area contributed by atoms with Crippen LogP contribution in [-0.2, 0) is 15.9 Å². The smallest absolute Gasteiger partial charge is 0.488 e. The van der Waals surface area contributed by atoms with Gasteiger partial charge in [0.05, 0.1) is 16.9 Å². The highest BCUT2D eigenvalue weighted by Gasteiger charge is 2.52. The van der Waals surface area contributed by atoms with E-state index in [0.717, 1.165) is 21.1 Å². The van der Waals surface area contributed by atoms with Crippen LogP contribution >= 0.6 is 0 Å². The van der Waals surface area contributed by atoms with E-state index in [-0.39, 0.29) is 6.61 Å². The molecule has 0 bridgehead atoms. The molecule has 2 aromatic rings. The molecule has 10 heteroatoms. The van der Waals surface area contributed by atoms with E-state index < -0.39 is 30.2 Å². The largest absolute Gasteiger partial charge is 0.497 e. The number of hydrogen-bond acceptors (Lipinski definition) is 6. The predicted octanol–water partition coefficient (Wildman–Crippen LogP) is 2.93. The van der Waals surface area contributed by atoms with Crippen molar-refractivity contribution in [1.82, 2.24) is 5.01 Å². The second-order valence-electron chi connectivity index (χ2n) is 9.35. The number of nitrogens with zero attached hydrogens (tertiary/aromatic N) is 2. The second kappa shape index (κ2) is 8.94. The molecule has 1 saturated heterocycles. The molecule has 178 valence electrons. The van der Waals surface area contributed by atoms with E-state index in [9.17, 15) is 4.79 Å². The minimum atomic E-state index is -0.809. The first-order valence-corrected chi connectivity index (χ1v) is 10.7. The number of halogens is 1. The Kier molecular flexibility index (Phi) is 6.77. The van der Waals surface area contributed by atoms with Crippen molar-refractivity contribution in [3.8, 4) is 5.75 Å². The van der Waals surface area contributed by atoms with Gasteiger partial charge in [-0.3, -0.25) is 5.01 Å². The van der Waals surface area contributed by atoms with Gasteiger partial charge < -0.3 is 14.0 Å². The van der Waals surface area contributed by atoms with Crippen LogP contribution in [0.15, 0.2) is 30.3 Å². The van der Waals surface area contributed by atoms with Gasteiger partial charge in [0.2, 0.25) is 0 Å². The van der Waals surface area contributed by atoms with Gasteiger partial charge >= 0.3 is 13.1 Å². The quantitative estimate of drug-likeness (QED) is 0.309. The minimum Gasteiger partial charge on any atom is -0.488 e. The molecule has 4 N–H and O–H groups in total. The molecule has 8 nitrogen and oxygen atoms in total. The van der Waals surface area contributed by atoms with Crippen LogP contribution in [0.25, 0.3) is 0 Å². The number of rotatable bonds is 5. The number of carbonyl (C=O) groups is 1. The van der Waals surface area contributed by atoms with Crippen LogP contribution in [0.1, 0.15) is 44.4 Å². The van der Waals surface area contributed by atoms with Gasteiger partial charge in [-0.25, -0.2) is 25.9 Å². The first-order chi connectivity index (χ1) is 15.2. The molecule has 2 aromatic carbocycles. The van der Waals surface area contributed by atoms with Gasteiger partial charge in [0.1, 0.15) is 18.2 Å². The maximum atomic E-state index is 15.1. The summed E-state index contributed by atoms with van der Waals surface area (Å²) in [6.07, 6.45) is 0. The zero-order valence-electron chi connectivity index (χ0n) is 20.2. The summed E-state index contributed by atoms with van der Waals surface area (Å²) >= 11 is 0. The van der Waals surface area contributed by atoms with Crippen LogP contribution in [0.4, 0.5) is 14.9 Å². The van der Waals surface area contributed by atoms with E-state index in [1.807, 2.05) is 47.6 Å². The Hall–Kier alpha value is -2.66. The Bertz CT molecular complexity index is 1040. The fourth-order valence-corrected chi connectivity index (χ4v) is 3.51. The average Bonchev–Trinajstić information content (AvgIpc) is 2.94. The number of hydrogen-bond donors (Lipinski definition) is 2. The third-order valence-electron chi connectivity index (χ3n) is 6.33. The van der Waals surface area contributed by atoms with Gasteiger partial charge in [-0.2, -0.15) is 0 Å². The number of nitrogens with two attached hydrogens (primary N) is 2. The topological polar surface area (TPSA) is 103 Å². The summed E-state index contributed by atoms with van der Waals surface area (Å²) in [6, 6.07) is 7.77. The summed E-state index contributed by atoms with van der Waals surface area (Å²) in [5, 5.41) is 1.85. The first-order valence-electron chi connectivity index (χ1n) is 10.7. The SMILES string of the molecule is Cc1cc(B2OC(C)(C)C(C)(C)O2)c(F)cc1OCc1c(C)cccc1N(N)C(=O)N(C)N. The Balaban J connectivity index is 1.84. The summed E-state index contributed by atoms with van der Waals surface area (Å²) in [7, 11) is 0.595. The lowest BCUT2D eigenvalue weighted by Gasteiger charge is -2.32. The van der Waals surface area contributed by atoms with Gasteiger partial charge in [-0.05, 0) is 58.7 Å². The van der Waals surface area contributed by atoms with Gasteiger partial charge in [-0.15, -0.1) is 0 Å². The van der Waals surface area contributed by atoms with E-state index in [1.165, 1.54) is 13.1 Å². The molecule has 1 fully saturated rings. The summed E-state index contributed by atoms with van der Waals surface area (Å²) in [5.74, 6) is 11.4. The molecule has 1 heterocycles. The number of amides is 2. The normalized spacial score (nSPS) is 16.6. The molecule has 0 atom stereocenters. The molecule has 0 radical (unpaired) electrons. The molecular formula is C23H32BFN4O4. The number of urea groups is 1. The molecular weight excluding hydrogens is 426 g/mol. The summed E-state index contributed by atoms with van der Waals surface area (Å²) in [5.41, 5.74) is 1.89. The summed E-state index contributed by atoms with van der Waals surface area (Å²) in [6.45, 7) is 11.5. The molecule has 33 heavy (non-hydrogen) atoms. The average molecular weight is 458 g/mol. The van der Waals surface area contributed by atoms with Crippen molar-refractivity contribution in [2.75, 3.05) is 12.1 Å². The third-order valence-corrected chi connectivity index (χ3v) is 6.33. The zero-order chi connectivity index (χ0) is 24.7. The van der Waals surface area contributed by atoms with E-state index in [0.29, 0.717) is 22.5 Å². The van der Waals surface area contributed by atoms with Gasteiger partial charge in [0.15, 0.2) is 0 Å². The lowest BCUT2D eigenvalue weighted by Crippen LogP contribution is -2.49. The number of ether oxygens (including phenoxy) is 1. The van der Waals surface area contributed by atoms with Crippen LogP contribution in [0.2, 0.25) is 0 Å². The van der Waals surface area contributed by atoms with Crippen molar-refractivity contribution in [3.63, 3.8) is 0 Å². The van der Waals surface area contributed by atoms with E-state index in [4.69, 9.17) is 25.7 Å². The lowest BCUT2D eigenvalue weighted by atomic mass is 9.78. The molecule has 0 spiro atoms. The first kappa shape index (κ1) is 25.0. The molecule has 0 saturated carbocycles. The Morgan fingerprint density at radius 2 is 1.70 bits per heavy atom. The standard InChI is InChI=1S/C23H32BFN4O4/c1-14-9-8-10-19(29(27)21(30)28(7)26)16(14)13-31-20-12-18(25)17(11-15(20)2)24-32-22(3,4)23(5,6)33-24/h8-12H,13,26-27H2,1-7H3. The fraction of sp³-hybridized carbons (Fsp3) is 0.435. The number of hydrazine groups is 2. The number of aryl methyl sites for hydroxylation is 2. The van der Waals surface area contributed by atoms with Crippen LogP contribution < -0.4 is 26.9 Å². The molecule has 3 rings (SSSR count). The van der Waals surface area contributed by atoms with Crippen LogP contribution in [-0.4, -0.2) is 36.4 Å². The van der Waals surface area contributed by atoms with E-state index in [1.54, 1.807) is 18.2 Å². The Labute approximate surface area is 194 Å². The van der Waals surface area contributed by atoms with Crippen LogP contribution in [0.3, 0.4) is 0 Å². The number of benzene rings is 2. The van der Waals surface area contributed by atoms with Crippen molar-refractivity contribution in [2.24, 2.45) is 11.7 Å². The van der Waals surface area contributed by atoms with Crippen molar-refractivity contribution in [2.45, 2.75) is 59.4 Å². The molecule has 1 aliphatic rings. The molecule has 2 amide bonds. The van der Waals surface area contributed by atoms with Crippen LogP contribution in [0, 0.1) is 19.7 Å². The maximum Gasteiger partial charge on any atom is 0.497 e. The third kappa shape index (κ3) is 4.84. The van der Waals surface area contributed by atoms with E-state index in [2.05, 4.69) is 0 Å². The van der Waals surface area contributed by atoms with Crippen molar-refractivity contribution >= 4 is 24.3 Å². The number of anilines is 1. The molecule has 0 unspecified atom stereocenters. The predicted molar refractivity (Wildman–Crippen MR) is 126 cm³/mol. The lowest BCUT2D eigenvalue weighted by molar-refractivity contribution is 0.00578. The van der Waals surface area contributed by atoms with Crippen molar-refractivity contribution in [3.05, 3.63) is 52.8 Å². The highest BCUT2D eigenvalue weighted by molar-refractivity contribution is 6.62. The number of carbonyl (C=O) groups excluding carboxylic acids is 1. The highest BCUT2D eigenvalue weighted by atomic mass is 19.1. The molecule has 0 aliphatic carbocycles. The van der Waals surface area contributed by atoms with Gasteiger partial charge in [-0.1, -0.05) is 18.2 Å². The summed E-state index contributed by atoms with van der Waals surface area (Å²) in [4.78, 5) is 12.2. The van der Waals surface area contributed by atoms with Gasteiger partial charge in [0, 0.05) is 24.1 Å². The van der Waals surface area contributed by atoms with Crippen LogP contribution in [0.5, 0.6) is 5.75 Å². The summed E-state index contributed by atoms with van der Waals surface area (Å²) < 4.78 is 33.0. The molecule has 0 aromatic heterocycles. The van der Waals surface area contributed by atoms with Gasteiger partial charge in [0.25, 0.3) is 0 Å². The Morgan fingerprint density at radius 3 is 2.27 bits per heavy atom. The second-order valence-corrected chi connectivity index (χ2v) is 9.35. The Morgan fingerprint density at radius 1 is 1.09 bits per heavy atom. The van der Waals surface area contributed by atoms with E-state index >= 15 is 4.39 Å².